The molecule has 0 aromatic rings. The third-order valence-corrected chi connectivity index (χ3v) is 12.2. The van der Waals surface area contributed by atoms with Crippen LogP contribution in [-0.4, -0.2) is 17.4 Å². The molecular weight excluding hydrogens is 240 g/mol. The van der Waals surface area contributed by atoms with Crippen LogP contribution in [0, 0.1) is 23.7 Å². The molecule has 0 radical (unpaired) electrons. The topological polar surface area (TPSA) is 9.23 Å². The molecule has 17 heavy (non-hydrogen) atoms. The Labute approximate surface area is 108 Å². The highest BCUT2D eigenvalue weighted by atomic mass is 28.4. The Morgan fingerprint density at radius 3 is 2.65 bits per heavy atom. The standard InChI is InChI=1S/C14H26OSi2/c1-16(2)15-17(3,4)14-9-10-8-13(14)12-7-5-6-11(10)12/h5,7,10-14,16H,6,8-9H2,1-4H3. The zero-order valence-electron chi connectivity index (χ0n) is 11.6. The molecule has 0 aromatic heterocycles. The molecule has 0 amide bonds. The van der Waals surface area contributed by atoms with Crippen LogP contribution in [0.15, 0.2) is 12.2 Å². The fourth-order valence-corrected chi connectivity index (χ4v) is 12.9. The van der Waals surface area contributed by atoms with Crippen molar-refractivity contribution < 1.29 is 4.12 Å². The number of rotatable bonds is 3. The summed E-state index contributed by atoms with van der Waals surface area (Å²) in [6, 6.07) is 0. The van der Waals surface area contributed by atoms with Crippen molar-refractivity contribution in [2.75, 3.05) is 0 Å². The number of hydrogen-bond acceptors (Lipinski definition) is 1. The van der Waals surface area contributed by atoms with Crippen molar-refractivity contribution in [2.24, 2.45) is 23.7 Å². The zero-order valence-corrected chi connectivity index (χ0v) is 13.8. The normalized spacial score (nSPS) is 43.7. The van der Waals surface area contributed by atoms with Gasteiger partial charge in [-0.2, -0.15) is 0 Å². The molecule has 0 saturated heterocycles. The summed E-state index contributed by atoms with van der Waals surface area (Å²) >= 11 is 0. The van der Waals surface area contributed by atoms with E-state index in [1.54, 1.807) is 0 Å². The van der Waals surface area contributed by atoms with E-state index in [0.717, 1.165) is 29.2 Å². The van der Waals surface area contributed by atoms with Gasteiger partial charge in [-0.25, -0.2) is 0 Å². The Morgan fingerprint density at radius 1 is 1.18 bits per heavy atom. The molecule has 2 saturated carbocycles. The van der Waals surface area contributed by atoms with Gasteiger partial charge in [0.1, 0.15) is 0 Å². The van der Waals surface area contributed by atoms with Crippen molar-refractivity contribution in [1.29, 1.82) is 0 Å². The van der Waals surface area contributed by atoms with Crippen LogP contribution in [0.3, 0.4) is 0 Å². The van der Waals surface area contributed by atoms with E-state index in [-0.39, 0.29) is 0 Å². The van der Waals surface area contributed by atoms with Crippen LogP contribution in [0.1, 0.15) is 19.3 Å². The van der Waals surface area contributed by atoms with Crippen molar-refractivity contribution in [2.45, 2.75) is 51.0 Å². The van der Waals surface area contributed by atoms with Gasteiger partial charge in [0.05, 0.1) is 0 Å². The van der Waals surface area contributed by atoms with E-state index in [1.165, 1.54) is 19.3 Å². The Hall–Kier alpha value is 0.134. The maximum absolute atomic E-state index is 6.48. The zero-order chi connectivity index (χ0) is 12.2. The molecule has 96 valence electrons. The second-order valence-corrected chi connectivity index (χ2v) is 14.2. The van der Waals surface area contributed by atoms with Gasteiger partial charge in [-0.3, -0.25) is 0 Å². The minimum atomic E-state index is -1.42. The average Bonchev–Trinajstić information content (AvgIpc) is 2.88. The summed E-state index contributed by atoms with van der Waals surface area (Å²) in [5.41, 5.74) is 0.950. The summed E-state index contributed by atoms with van der Waals surface area (Å²) in [4.78, 5) is 0. The van der Waals surface area contributed by atoms with E-state index in [4.69, 9.17) is 4.12 Å². The van der Waals surface area contributed by atoms with Gasteiger partial charge in [0.25, 0.3) is 0 Å². The molecule has 3 aliphatic rings. The first-order valence-corrected chi connectivity index (χ1v) is 13.1. The monoisotopic (exact) mass is 266 g/mol. The van der Waals surface area contributed by atoms with E-state index in [2.05, 4.69) is 38.3 Å². The maximum Gasteiger partial charge on any atom is 0.176 e. The molecule has 5 atom stereocenters. The van der Waals surface area contributed by atoms with E-state index in [9.17, 15) is 0 Å². The summed E-state index contributed by atoms with van der Waals surface area (Å²) in [5.74, 6) is 3.98. The second-order valence-electron chi connectivity index (χ2n) is 7.18. The molecule has 2 fully saturated rings. The number of fused-ring (bicyclic) bond motifs is 5. The highest BCUT2D eigenvalue weighted by Gasteiger charge is 2.57. The highest BCUT2D eigenvalue weighted by Crippen LogP contribution is 2.63. The van der Waals surface area contributed by atoms with Crippen LogP contribution >= 0.6 is 0 Å². The average molecular weight is 267 g/mol. The van der Waals surface area contributed by atoms with Crippen molar-refractivity contribution in [3.05, 3.63) is 12.2 Å². The summed E-state index contributed by atoms with van der Waals surface area (Å²) in [6.07, 6.45) is 9.38. The second kappa shape index (κ2) is 4.07. The predicted octanol–water partition coefficient (Wildman–Crippen LogP) is 3.79. The molecule has 3 aliphatic carbocycles. The third-order valence-electron chi connectivity index (χ3n) is 5.44. The van der Waals surface area contributed by atoms with Gasteiger partial charge in [0, 0.05) is 0 Å². The van der Waals surface area contributed by atoms with Crippen molar-refractivity contribution in [1.82, 2.24) is 0 Å². The quantitative estimate of drug-likeness (QED) is 0.558. The maximum atomic E-state index is 6.48. The molecular formula is C14H26OSi2. The van der Waals surface area contributed by atoms with Gasteiger partial charge >= 0.3 is 0 Å². The first-order chi connectivity index (χ1) is 7.99. The van der Waals surface area contributed by atoms with E-state index in [0.29, 0.717) is 0 Å². The SMILES string of the molecule is C[SiH](C)O[Si](C)(C)C1CC2CC1C1C=CCC21. The van der Waals surface area contributed by atoms with Crippen molar-refractivity contribution >= 4 is 17.4 Å². The molecule has 0 aromatic carbocycles. The van der Waals surface area contributed by atoms with Gasteiger partial charge in [0.15, 0.2) is 17.4 Å². The summed E-state index contributed by atoms with van der Waals surface area (Å²) in [7, 11) is -2.28. The molecule has 0 aliphatic heterocycles. The Balaban J connectivity index is 1.76. The van der Waals surface area contributed by atoms with Crippen molar-refractivity contribution in [3.63, 3.8) is 0 Å². The fraction of sp³-hybridized carbons (Fsp3) is 0.857. The van der Waals surface area contributed by atoms with Gasteiger partial charge < -0.3 is 4.12 Å². The van der Waals surface area contributed by atoms with Crippen LogP contribution in [-0.2, 0) is 4.12 Å². The molecule has 5 unspecified atom stereocenters. The van der Waals surface area contributed by atoms with Gasteiger partial charge in [0.2, 0.25) is 0 Å². The lowest BCUT2D eigenvalue weighted by Gasteiger charge is -2.40. The molecule has 2 bridgehead atoms. The van der Waals surface area contributed by atoms with Gasteiger partial charge in [-0.1, -0.05) is 12.2 Å². The summed E-state index contributed by atoms with van der Waals surface area (Å²) < 4.78 is 6.48. The fourth-order valence-electron chi connectivity index (χ4n) is 5.04. The molecule has 3 heteroatoms. The van der Waals surface area contributed by atoms with E-state index < -0.39 is 17.4 Å². The van der Waals surface area contributed by atoms with Crippen LogP contribution in [0.25, 0.3) is 0 Å². The van der Waals surface area contributed by atoms with Crippen molar-refractivity contribution in [3.8, 4) is 0 Å². The third kappa shape index (κ3) is 1.90. The first-order valence-electron chi connectivity index (χ1n) is 7.33. The lowest BCUT2D eigenvalue weighted by atomic mass is 9.81. The van der Waals surface area contributed by atoms with E-state index >= 15 is 0 Å². The van der Waals surface area contributed by atoms with Crippen LogP contribution in [0.2, 0.25) is 31.7 Å². The molecule has 1 nitrogen and oxygen atoms in total. The van der Waals surface area contributed by atoms with Crippen LogP contribution in [0.4, 0.5) is 0 Å². The summed E-state index contributed by atoms with van der Waals surface area (Å²) in [5, 5.41) is 0. The Bertz CT molecular complexity index is 337. The largest absolute Gasteiger partial charge is 0.458 e. The first kappa shape index (κ1) is 12.2. The summed E-state index contributed by atoms with van der Waals surface area (Å²) in [6.45, 7) is 9.64. The predicted molar refractivity (Wildman–Crippen MR) is 78.1 cm³/mol. The number of hydrogen-bond donors (Lipinski definition) is 0. The highest BCUT2D eigenvalue weighted by molar-refractivity contribution is 6.79. The lowest BCUT2D eigenvalue weighted by Crippen LogP contribution is -2.44. The van der Waals surface area contributed by atoms with Gasteiger partial charge in [-0.05, 0) is 74.7 Å². The molecule has 0 spiro atoms. The minimum Gasteiger partial charge on any atom is -0.458 e. The van der Waals surface area contributed by atoms with E-state index in [1.807, 2.05) is 0 Å². The smallest absolute Gasteiger partial charge is 0.176 e. The molecule has 3 rings (SSSR count). The lowest BCUT2D eigenvalue weighted by molar-refractivity contribution is 0.272. The Kier molecular flexibility index (Phi) is 2.92. The Morgan fingerprint density at radius 2 is 1.94 bits per heavy atom. The van der Waals surface area contributed by atoms with Crippen LogP contribution in [0.5, 0.6) is 0 Å². The number of allylic oxidation sites excluding steroid dienone is 2. The van der Waals surface area contributed by atoms with Crippen LogP contribution < -0.4 is 0 Å². The minimum absolute atomic E-state index is 0.861. The van der Waals surface area contributed by atoms with Gasteiger partial charge in [-0.15, -0.1) is 0 Å². The molecule has 0 N–H and O–H groups in total. The molecule has 0 heterocycles.